The standard InChI is InChI=1S/C15H23BrN2O2S/c1-2-6-17-12-13-4-5-14(11-15(13)16)18-7-3-9-21(19,20)10-8-18/h4-5,11,17H,2-3,6-10,12H2,1H3. The number of halogens is 1. The molecule has 0 unspecified atom stereocenters. The zero-order valence-electron chi connectivity index (χ0n) is 12.4. The number of anilines is 1. The number of sulfone groups is 1. The molecule has 1 saturated heterocycles. The predicted octanol–water partition coefficient (Wildman–Crippen LogP) is 2.57. The van der Waals surface area contributed by atoms with E-state index < -0.39 is 9.84 Å². The number of benzene rings is 1. The third-order valence-electron chi connectivity index (χ3n) is 3.70. The second-order valence-electron chi connectivity index (χ2n) is 5.44. The predicted molar refractivity (Wildman–Crippen MR) is 91.6 cm³/mol. The summed E-state index contributed by atoms with van der Waals surface area (Å²) in [6, 6.07) is 6.30. The van der Waals surface area contributed by atoms with Gasteiger partial charge < -0.3 is 10.2 Å². The van der Waals surface area contributed by atoms with Gasteiger partial charge in [0.25, 0.3) is 0 Å². The van der Waals surface area contributed by atoms with Crippen LogP contribution in [-0.4, -0.2) is 39.6 Å². The molecule has 2 rings (SSSR count). The molecule has 21 heavy (non-hydrogen) atoms. The van der Waals surface area contributed by atoms with E-state index in [1.807, 2.05) is 0 Å². The second-order valence-corrected chi connectivity index (χ2v) is 8.60. The molecule has 1 aromatic carbocycles. The topological polar surface area (TPSA) is 49.4 Å². The first-order valence-electron chi connectivity index (χ1n) is 7.46. The monoisotopic (exact) mass is 374 g/mol. The molecule has 0 atom stereocenters. The second kappa shape index (κ2) is 7.61. The van der Waals surface area contributed by atoms with E-state index in [0.29, 0.717) is 18.7 Å². The fourth-order valence-corrected chi connectivity index (χ4v) is 4.25. The van der Waals surface area contributed by atoms with Crippen molar-refractivity contribution in [1.29, 1.82) is 0 Å². The number of hydrogen-bond donors (Lipinski definition) is 1. The van der Waals surface area contributed by atoms with Gasteiger partial charge in [0.15, 0.2) is 9.84 Å². The van der Waals surface area contributed by atoms with Crippen molar-refractivity contribution >= 4 is 31.5 Å². The number of rotatable bonds is 5. The molecule has 4 nitrogen and oxygen atoms in total. The molecule has 1 N–H and O–H groups in total. The summed E-state index contributed by atoms with van der Waals surface area (Å²) in [4.78, 5) is 2.17. The average molecular weight is 375 g/mol. The van der Waals surface area contributed by atoms with E-state index in [1.165, 1.54) is 5.56 Å². The van der Waals surface area contributed by atoms with Crippen molar-refractivity contribution in [3.63, 3.8) is 0 Å². The van der Waals surface area contributed by atoms with Crippen molar-refractivity contribution in [3.05, 3.63) is 28.2 Å². The highest BCUT2D eigenvalue weighted by Gasteiger charge is 2.19. The molecule has 1 aromatic rings. The van der Waals surface area contributed by atoms with Crippen LogP contribution in [0.4, 0.5) is 5.69 Å². The maximum atomic E-state index is 11.7. The lowest BCUT2D eigenvalue weighted by atomic mass is 10.2. The van der Waals surface area contributed by atoms with Gasteiger partial charge >= 0.3 is 0 Å². The molecule has 0 saturated carbocycles. The van der Waals surface area contributed by atoms with Gasteiger partial charge in [-0.05, 0) is 37.1 Å². The van der Waals surface area contributed by atoms with Crippen LogP contribution in [0, 0.1) is 0 Å². The smallest absolute Gasteiger partial charge is 0.152 e. The first-order chi connectivity index (χ1) is 10.0. The van der Waals surface area contributed by atoms with Gasteiger partial charge in [-0.3, -0.25) is 0 Å². The van der Waals surface area contributed by atoms with Crippen molar-refractivity contribution < 1.29 is 8.42 Å². The van der Waals surface area contributed by atoms with E-state index in [1.54, 1.807) is 0 Å². The van der Waals surface area contributed by atoms with Crippen LogP contribution in [-0.2, 0) is 16.4 Å². The number of nitrogens with one attached hydrogen (secondary N) is 1. The Morgan fingerprint density at radius 2 is 2.10 bits per heavy atom. The van der Waals surface area contributed by atoms with E-state index in [2.05, 4.69) is 51.3 Å². The Morgan fingerprint density at radius 1 is 1.29 bits per heavy atom. The summed E-state index contributed by atoms with van der Waals surface area (Å²) in [5.74, 6) is 0.564. The van der Waals surface area contributed by atoms with Crippen molar-refractivity contribution in [2.45, 2.75) is 26.3 Å². The molecule has 0 amide bonds. The third-order valence-corrected chi connectivity index (χ3v) is 6.15. The summed E-state index contributed by atoms with van der Waals surface area (Å²) in [5.41, 5.74) is 2.33. The van der Waals surface area contributed by atoms with Gasteiger partial charge in [0.05, 0.1) is 11.5 Å². The fourth-order valence-electron chi connectivity index (χ4n) is 2.47. The maximum Gasteiger partial charge on any atom is 0.152 e. The van der Waals surface area contributed by atoms with Crippen LogP contribution in [0.1, 0.15) is 25.3 Å². The normalized spacial score (nSPS) is 18.5. The lowest BCUT2D eigenvalue weighted by Crippen LogP contribution is -2.26. The molecule has 118 valence electrons. The molecular formula is C15H23BrN2O2S. The van der Waals surface area contributed by atoms with Gasteiger partial charge in [0.1, 0.15) is 0 Å². The van der Waals surface area contributed by atoms with Crippen molar-refractivity contribution in [3.8, 4) is 0 Å². The molecule has 1 aliphatic rings. The first-order valence-corrected chi connectivity index (χ1v) is 10.1. The Balaban J connectivity index is 2.05. The maximum absolute atomic E-state index is 11.7. The van der Waals surface area contributed by atoms with E-state index in [4.69, 9.17) is 0 Å². The number of nitrogens with zero attached hydrogens (tertiary/aromatic N) is 1. The molecule has 0 radical (unpaired) electrons. The van der Waals surface area contributed by atoms with Crippen LogP contribution in [0.3, 0.4) is 0 Å². The molecule has 1 fully saturated rings. The van der Waals surface area contributed by atoms with Gasteiger partial charge in [0, 0.05) is 29.8 Å². The van der Waals surface area contributed by atoms with Crippen LogP contribution in [0.2, 0.25) is 0 Å². The van der Waals surface area contributed by atoms with Crippen molar-refractivity contribution in [1.82, 2.24) is 5.32 Å². The summed E-state index contributed by atoms with van der Waals surface area (Å²) in [7, 11) is -2.86. The van der Waals surface area contributed by atoms with Gasteiger partial charge in [0.2, 0.25) is 0 Å². The summed E-state index contributed by atoms with van der Waals surface area (Å²) < 4.78 is 24.4. The largest absolute Gasteiger partial charge is 0.370 e. The molecule has 1 aliphatic heterocycles. The quantitative estimate of drug-likeness (QED) is 0.804. The molecule has 1 heterocycles. The minimum absolute atomic E-state index is 0.254. The van der Waals surface area contributed by atoms with Crippen LogP contribution in [0.25, 0.3) is 0 Å². The van der Waals surface area contributed by atoms with E-state index in [-0.39, 0.29) is 5.75 Å². The highest BCUT2D eigenvalue weighted by molar-refractivity contribution is 9.10. The fraction of sp³-hybridized carbons (Fsp3) is 0.600. The van der Waals surface area contributed by atoms with Gasteiger partial charge in [-0.1, -0.05) is 28.9 Å². The molecule has 0 aliphatic carbocycles. The lowest BCUT2D eigenvalue weighted by Gasteiger charge is -2.23. The van der Waals surface area contributed by atoms with Gasteiger partial charge in [-0.15, -0.1) is 0 Å². The Hall–Kier alpha value is -0.590. The Kier molecular flexibility index (Phi) is 6.08. The van der Waals surface area contributed by atoms with E-state index in [9.17, 15) is 8.42 Å². The van der Waals surface area contributed by atoms with Crippen LogP contribution >= 0.6 is 15.9 Å². The van der Waals surface area contributed by atoms with E-state index >= 15 is 0 Å². The average Bonchev–Trinajstić information content (AvgIpc) is 2.62. The zero-order chi connectivity index (χ0) is 15.3. The van der Waals surface area contributed by atoms with Crippen molar-refractivity contribution in [2.24, 2.45) is 0 Å². The van der Waals surface area contributed by atoms with Crippen LogP contribution < -0.4 is 10.2 Å². The summed E-state index contributed by atoms with van der Waals surface area (Å²) in [5, 5.41) is 3.39. The van der Waals surface area contributed by atoms with Crippen molar-refractivity contribution in [2.75, 3.05) is 36.0 Å². The van der Waals surface area contributed by atoms with Crippen LogP contribution in [0.5, 0.6) is 0 Å². The number of hydrogen-bond acceptors (Lipinski definition) is 4. The molecular weight excluding hydrogens is 352 g/mol. The molecule has 0 spiro atoms. The molecule has 0 bridgehead atoms. The Morgan fingerprint density at radius 3 is 2.81 bits per heavy atom. The molecule has 6 heteroatoms. The Bertz CT molecular complexity index is 575. The first kappa shape index (κ1) is 16.8. The highest BCUT2D eigenvalue weighted by Crippen LogP contribution is 2.25. The van der Waals surface area contributed by atoms with Gasteiger partial charge in [-0.2, -0.15) is 0 Å². The molecule has 0 aromatic heterocycles. The summed E-state index contributed by atoms with van der Waals surface area (Å²) in [6.45, 7) is 5.40. The summed E-state index contributed by atoms with van der Waals surface area (Å²) in [6.07, 6.45) is 1.83. The SMILES string of the molecule is CCCNCc1ccc(N2CCCS(=O)(=O)CC2)cc1Br. The summed E-state index contributed by atoms with van der Waals surface area (Å²) >= 11 is 3.62. The third kappa shape index (κ3) is 4.97. The van der Waals surface area contributed by atoms with Gasteiger partial charge in [-0.25, -0.2) is 8.42 Å². The Labute approximate surface area is 136 Å². The van der Waals surface area contributed by atoms with E-state index in [0.717, 1.165) is 36.2 Å². The minimum atomic E-state index is -2.86. The minimum Gasteiger partial charge on any atom is -0.370 e. The highest BCUT2D eigenvalue weighted by atomic mass is 79.9. The zero-order valence-corrected chi connectivity index (χ0v) is 14.8. The van der Waals surface area contributed by atoms with Crippen LogP contribution in [0.15, 0.2) is 22.7 Å². The lowest BCUT2D eigenvalue weighted by molar-refractivity contribution is 0.597.